The van der Waals surface area contributed by atoms with Crippen LogP contribution in [0.25, 0.3) is 0 Å². The van der Waals surface area contributed by atoms with Crippen molar-refractivity contribution in [2.75, 3.05) is 5.73 Å². The molecule has 0 bridgehead atoms. The maximum Gasteiger partial charge on any atom is 0.0452 e. The van der Waals surface area contributed by atoms with Crippen LogP contribution in [-0.4, -0.2) is 5.25 Å². The van der Waals surface area contributed by atoms with Gasteiger partial charge in [0, 0.05) is 15.8 Å². The minimum absolute atomic E-state index is 0. The van der Waals surface area contributed by atoms with E-state index >= 15 is 0 Å². The molecule has 0 aromatic heterocycles. The van der Waals surface area contributed by atoms with E-state index in [1.54, 1.807) is 11.8 Å². The minimum Gasteiger partial charge on any atom is -0.398 e. The summed E-state index contributed by atoms with van der Waals surface area (Å²) in [7, 11) is 0. The third kappa shape index (κ3) is 3.37. The summed E-state index contributed by atoms with van der Waals surface area (Å²) in [6.45, 7) is 4.33. The molecule has 0 aliphatic heterocycles. The topological polar surface area (TPSA) is 26.0 Å². The van der Waals surface area contributed by atoms with Crippen molar-refractivity contribution in [1.29, 1.82) is 0 Å². The van der Waals surface area contributed by atoms with Crippen molar-refractivity contribution in [2.24, 2.45) is 0 Å². The minimum atomic E-state index is 0. The predicted molar refractivity (Wildman–Crippen MR) is 59.1 cm³/mol. The Kier molecular flexibility index (Phi) is 5.18. The summed E-state index contributed by atoms with van der Waals surface area (Å²) in [6.07, 6.45) is 0. The van der Waals surface area contributed by atoms with Gasteiger partial charge in [0.1, 0.15) is 0 Å². The second-order valence-corrected chi connectivity index (χ2v) is 4.32. The number of nitrogens with two attached hydrogens (primary N) is 1. The van der Waals surface area contributed by atoms with Gasteiger partial charge in [-0.2, -0.15) is 0 Å². The van der Waals surface area contributed by atoms with Crippen molar-refractivity contribution in [3.8, 4) is 0 Å². The van der Waals surface area contributed by atoms with Crippen molar-refractivity contribution in [2.45, 2.75) is 24.0 Å². The van der Waals surface area contributed by atoms with Crippen LogP contribution in [0.3, 0.4) is 0 Å². The molecule has 68 valence electrons. The van der Waals surface area contributed by atoms with Crippen LogP contribution >= 0.6 is 24.2 Å². The highest BCUT2D eigenvalue weighted by molar-refractivity contribution is 8.00. The number of benzene rings is 1. The van der Waals surface area contributed by atoms with Crippen molar-refractivity contribution in [3.05, 3.63) is 24.3 Å². The molecule has 0 aliphatic rings. The van der Waals surface area contributed by atoms with Gasteiger partial charge in [0.25, 0.3) is 0 Å². The normalized spacial score (nSPS) is 9.58. The second kappa shape index (κ2) is 5.33. The number of nitrogen functional groups attached to an aromatic ring is 1. The van der Waals surface area contributed by atoms with Gasteiger partial charge in [-0.3, -0.25) is 0 Å². The van der Waals surface area contributed by atoms with Gasteiger partial charge in [-0.25, -0.2) is 0 Å². The molecule has 0 atom stereocenters. The summed E-state index contributed by atoms with van der Waals surface area (Å²) in [6, 6.07) is 7.96. The molecule has 0 radical (unpaired) electrons. The van der Waals surface area contributed by atoms with E-state index in [4.69, 9.17) is 5.73 Å². The first kappa shape index (κ1) is 11.7. The van der Waals surface area contributed by atoms with Crippen LogP contribution < -0.4 is 5.73 Å². The Hall–Kier alpha value is -0.340. The van der Waals surface area contributed by atoms with E-state index in [2.05, 4.69) is 19.9 Å². The van der Waals surface area contributed by atoms with Crippen LogP contribution in [0.5, 0.6) is 0 Å². The Morgan fingerprint density at radius 1 is 1.25 bits per heavy atom. The molecule has 1 aromatic carbocycles. The van der Waals surface area contributed by atoms with Gasteiger partial charge < -0.3 is 5.73 Å². The SMILES string of the molecule is CC(C)Sc1ccccc1N.Cl. The summed E-state index contributed by atoms with van der Waals surface area (Å²) in [5.41, 5.74) is 6.63. The number of rotatable bonds is 2. The fraction of sp³-hybridized carbons (Fsp3) is 0.333. The van der Waals surface area contributed by atoms with E-state index in [9.17, 15) is 0 Å². The molecule has 1 nitrogen and oxygen atoms in total. The van der Waals surface area contributed by atoms with E-state index < -0.39 is 0 Å². The molecule has 0 fully saturated rings. The highest BCUT2D eigenvalue weighted by Gasteiger charge is 2.00. The lowest BCUT2D eigenvalue weighted by atomic mass is 10.3. The standard InChI is InChI=1S/C9H13NS.ClH/c1-7(2)11-9-6-4-3-5-8(9)10;/h3-7H,10H2,1-2H3;1H. The van der Waals surface area contributed by atoms with Crippen LogP contribution in [-0.2, 0) is 0 Å². The molecule has 0 spiro atoms. The lowest BCUT2D eigenvalue weighted by Crippen LogP contribution is -1.91. The van der Waals surface area contributed by atoms with Gasteiger partial charge in [0.15, 0.2) is 0 Å². The third-order valence-corrected chi connectivity index (χ3v) is 2.38. The van der Waals surface area contributed by atoms with Gasteiger partial charge in [-0.05, 0) is 12.1 Å². The van der Waals surface area contributed by atoms with E-state index in [1.807, 2.05) is 18.2 Å². The first-order valence-corrected chi connectivity index (χ1v) is 4.59. The van der Waals surface area contributed by atoms with E-state index in [-0.39, 0.29) is 12.4 Å². The third-order valence-electron chi connectivity index (χ3n) is 1.28. The number of hydrogen-bond donors (Lipinski definition) is 1. The molecule has 0 aliphatic carbocycles. The lowest BCUT2D eigenvalue weighted by molar-refractivity contribution is 1.11. The molecule has 0 unspecified atom stereocenters. The summed E-state index contributed by atoms with van der Waals surface area (Å²) in [5.74, 6) is 0. The number of hydrogen-bond acceptors (Lipinski definition) is 2. The van der Waals surface area contributed by atoms with Crippen LogP contribution in [0.2, 0.25) is 0 Å². The largest absolute Gasteiger partial charge is 0.398 e. The molecule has 0 saturated heterocycles. The lowest BCUT2D eigenvalue weighted by Gasteiger charge is -2.06. The van der Waals surface area contributed by atoms with Crippen molar-refractivity contribution < 1.29 is 0 Å². The van der Waals surface area contributed by atoms with Crippen LogP contribution in [0.15, 0.2) is 29.2 Å². The molecule has 0 saturated carbocycles. The summed E-state index contributed by atoms with van der Waals surface area (Å²) < 4.78 is 0. The molecule has 3 heteroatoms. The first-order chi connectivity index (χ1) is 5.20. The maximum absolute atomic E-state index is 5.75. The van der Waals surface area contributed by atoms with Crippen molar-refractivity contribution in [3.63, 3.8) is 0 Å². The summed E-state index contributed by atoms with van der Waals surface area (Å²) in [5, 5.41) is 0.597. The predicted octanol–water partition coefficient (Wildman–Crippen LogP) is 3.19. The number of thioether (sulfide) groups is 1. The zero-order valence-corrected chi connectivity index (χ0v) is 8.91. The smallest absolute Gasteiger partial charge is 0.0452 e. The number of anilines is 1. The molecule has 0 amide bonds. The Labute approximate surface area is 84.1 Å². The first-order valence-electron chi connectivity index (χ1n) is 3.71. The van der Waals surface area contributed by atoms with Crippen LogP contribution in [0.4, 0.5) is 5.69 Å². The van der Waals surface area contributed by atoms with E-state index in [1.165, 1.54) is 4.90 Å². The highest BCUT2D eigenvalue weighted by Crippen LogP contribution is 2.27. The summed E-state index contributed by atoms with van der Waals surface area (Å²) >= 11 is 1.80. The number of halogens is 1. The molecular weight excluding hydrogens is 190 g/mol. The Balaban J connectivity index is 0.00000121. The van der Waals surface area contributed by atoms with Crippen LogP contribution in [0, 0.1) is 0 Å². The monoisotopic (exact) mass is 203 g/mol. The van der Waals surface area contributed by atoms with Gasteiger partial charge in [0.05, 0.1) is 0 Å². The van der Waals surface area contributed by atoms with Gasteiger partial charge in [0.2, 0.25) is 0 Å². The molecular formula is C9H14ClNS. The molecule has 0 heterocycles. The summed E-state index contributed by atoms with van der Waals surface area (Å²) in [4.78, 5) is 1.18. The van der Waals surface area contributed by atoms with Crippen molar-refractivity contribution >= 4 is 29.9 Å². The molecule has 2 N–H and O–H groups in total. The second-order valence-electron chi connectivity index (χ2n) is 2.70. The van der Waals surface area contributed by atoms with Crippen LogP contribution in [0.1, 0.15) is 13.8 Å². The molecule has 12 heavy (non-hydrogen) atoms. The van der Waals surface area contributed by atoms with Gasteiger partial charge in [-0.1, -0.05) is 26.0 Å². The molecule has 1 rings (SSSR count). The zero-order chi connectivity index (χ0) is 8.27. The average Bonchev–Trinajstić information content (AvgIpc) is 1.93. The van der Waals surface area contributed by atoms with Gasteiger partial charge in [-0.15, -0.1) is 24.2 Å². The Morgan fingerprint density at radius 3 is 2.33 bits per heavy atom. The average molecular weight is 204 g/mol. The quantitative estimate of drug-likeness (QED) is 0.590. The number of para-hydroxylation sites is 1. The van der Waals surface area contributed by atoms with Gasteiger partial charge >= 0.3 is 0 Å². The molecule has 1 aromatic rings. The maximum atomic E-state index is 5.75. The van der Waals surface area contributed by atoms with Crippen molar-refractivity contribution in [1.82, 2.24) is 0 Å². The fourth-order valence-corrected chi connectivity index (χ4v) is 1.71. The zero-order valence-electron chi connectivity index (χ0n) is 7.28. The highest BCUT2D eigenvalue weighted by atomic mass is 35.5. The fourth-order valence-electron chi connectivity index (χ4n) is 0.842. The Morgan fingerprint density at radius 2 is 1.83 bits per heavy atom. The van der Waals surface area contributed by atoms with E-state index in [0.717, 1.165) is 5.69 Å². The van der Waals surface area contributed by atoms with E-state index in [0.29, 0.717) is 5.25 Å². The Bertz CT molecular complexity index is 238.